The van der Waals surface area contributed by atoms with Crippen LogP contribution in [-0.4, -0.2) is 35.7 Å². The van der Waals surface area contributed by atoms with Crippen LogP contribution < -0.4 is 10.8 Å². The number of aromatic amines is 1. The monoisotopic (exact) mass is 218 g/mol. The van der Waals surface area contributed by atoms with Gasteiger partial charge < -0.3 is 20.3 Å². The first-order valence-corrected chi connectivity index (χ1v) is 5.33. The van der Waals surface area contributed by atoms with E-state index in [4.69, 9.17) is 10.0 Å². The van der Waals surface area contributed by atoms with E-state index in [1.807, 2.05) is 25.2 Å². The molecule has 0 aliphatic heterocycles. The SMILES string of the molecule is CNCCc1ccc2c(B(O)O)c[nH]c2c1. The van der Waals surface area contributed by atoms with Gasteiger partial charge in [-0.2, -0.15) is 0 Å². The Labute approximate surface area is 94.4 Å². The van der Waals surface area contributed by atoms with Crippen LogP contribution in [0.25, 0.3) is 10.9 Å². The fraction of sp³-hybridized carbons (Fsp3) is 0.273. The first-order valence-electron chi connectivity index (χ1n) is 5.33. The van der Waals surface area contributed by atoms with Crippen molar-refractivity contribution in [2.24, 2.45) is 0 Å². The normalized spacial score (nSPS) is 10.9. The molecule has 0 bridgehead atoms. The largest absolute Gasteiger partial charge is 0.490 e. The molecule has 1 heterocycles. The van der Waals surface area contributed by atoms with Gasteiger partial charge in [0.25, 0.3) is 0 Å². The number of fused-ring (bicyclic) bond motifs is 1. The Kier molecular flexibility index (Phi) is 3.29. The number of hydrogen-bond acceptors (Lipinski definition) is 3. The first-order chi connectivity index (χ1) is 7.72. The van der Waals surface area contributed by atoms with E-state index in [9.17, 15) is 0 Å². The van der Waals surface area contributed by atoms with E-state index < -0.39 is 7.12 Å². The van der Waals surface area contributed by atoms with Crippen molar-refractivity contribution < 1.29 is 10.0 Å². The summed E-state index contributed by atoms with van der Waals surface area (Å²) in [6.07, 6.45) is 2.60. The van der Waals surface area contributed by atoms with Crippen molar-refractivity contribution in [3.63, 3.8) is 0 Å². The van der Waals surface area contributed by atoms with Gasteiger partial charge in [-0.05, 0) is 37.0 Å². The van der Waals surface area contributed by atoms with Gasteiger partial charge in [-0.25, -0.2) is 0 Å². The van der Waals surface area contributed by atoms with Crippen LogP contribution in [0.5, 0.6) is 0 Å². The second-order valence-corrected chi connectivity index (χ2v) is 3.85. The summed E-state index contributed by atoms with van der Waals surface area (Å²) in [5.41, 5.74) is 2.69. The molecule has 0 saturated carbocycles. The van der Waals surface area contributed by atoms with E-state index >= 15 is 0 Å². The van der Waals surface area contributed by atoms with Crippen molar-refractivity contribution in [3.05, 3.63) is 30.0 Å². The summed E-state index contributed by atoms with van der Waals surface area (Å²) < 4.78 is 0. The van der Waals surface area contributed by atoms with Crippen LogP contribution in [0.15, 0.2) is 24.4 Å². The fourth-order valence-corrected chi connectivity index (χ4v) is 1.83. The van der Waals surface area contributed by atoms with E-state index in [0.29, 0.717) is 5.46 Å². The summed E-state index contributed by atoms with van der Waals surface area (Å²) in [5, 5.41) is 22.3. The number of aromatic nitrogens is 1. The van der Waals surface area contributed by atoms with E-state index in [2.05, 4.69) is 10.3 Å². The third-order valence-electron chi connectivity index (χ3n) is 2.72. The van der Waals surface area contributed by atoms with Gasteiger partial charge in [0.2, 0.25) is 0 Å². The molecule has 0 saturated heterocycles. The van der Waals surface area contributed by atoms with Gasteiger partial charge in [0, 0.05) is 17.2 Å². The van der Waals surface area contributed by atoms with Crippen LogP contribution in [0.1, 0.15) is 5.56 Å². The number of likely N-dealkylation sites (N-methyl/N-ethyl adjacent to an activating group) is 1. The minimum absolute atomic E-state index is 0.523. The molecule has 0 amide bonds. The number of benzene rings is 1. The molecule has 4 N–H and O–H groups in total. The molecule has 0 atom stereocenters. The van der Waals surface area contributed by atoms with Crippen molar-refractivity contribution >= 4 is 23.5 Å². The lowest BCUT2D eigenvalue weighted by Crippen LogP contribution is -2.28. The van der Waals surface area contributed by atoms with Gasteiger partial charge in [-0.15, -0.1) is 0 Å². The van der Waals surface area contributed by atoms with Crippen LogP contribution >= 0.6 is 0 Å². The average Bonchev–Trinajstić information content (AvgIpc) is 2.69. The molecule has 1 aromatic heterocycles. The number of rotatable bonds is 4. The molecule has 1 aromatic carbocycles. The zero-order valence-corrected chi connectivity index (χ0v) is 9.20. The topological polar surface area (TPSA) is 68.3 Å². The molecule has 0 radical (unpaired) electrons. The van der Waals surface area contributed by atoms with E-state index in [-0.39, 0.29) is 0 Å². The maximum atomic E-state index is 9.15. The summed E-state index contributed by atoms with van der Waals surface area (Å²) in [7, 11) is 0.504. The Bertz CT molecular complexity index is 482. The highest BCUT2D eigenvalue weighted by atomic mass is 16.4. The lowest BCUT2D eigenvalue weighted by atomic mass is 9.80. The van der Waals surface area contributed by atoms with Crippen molar-refractivity contribution in [1.29, 1.82) is 0 Å². The Balaban J connectivity index is 2.33. The molecule has 4 nitrogen and oxygen atoms in total. The number of H-pyrrole nitrogens is 1. The van der Waals surface area contributed by atoms with Crippen LogP contribution in [0.4, 0.5) is 0 Å². The van der Waals surface area contributed by atoms with E-state index in [0.717, 1.165) is 23.9 Å². The zero-order chi connectivity index (χ0) is 11.5. The van der Waals surface area contributed by atoms with Crippen LogP contribution in [0, 0.1) is 0 Å². The Hall–Kier alpha value is -1.30. The standard InChI is InChI=1S/C11H15BN2O2/c1-13-5-4-8-2-3-9-10(12(15)16)7-14-11(9)6-8/h2-3,6-7,13-16H,4-5H2,1H3. The Morgan fingerprint density at radius 2 is 2.19 bits per heavy atom. The Morgan fingerprint density at radius 1 is 1.38 bits per heavy atom. The molecule has 2 aromatic rings. The van der Waals surface area contributed by atoms with Gasteiger partial charge in [-0.3, -0.25) is 0 Å². The second-order valence-electron chi connectivity index (χ2n) is 3.85. The maximum absolute atomic E-state index is 9.15. The van der Waals surface area contributed by atoms with Gasteiger partial charge in [-0.1, -0.05) is 12.1 Å². The molecule has 16 heavy (non-hydrogen) atoms. The highest BCUT2D eigenvalue weighted by molar-refractivity contribution is 6.62. The lowest BCUT2D eigenvalue weighted by molar-refractivity contribution is 0.426. The summed E-state index contributed by atoms with van der Waals surface area (Å²) in [5.74, 6) is 0. The zero-order valence-electron chi connectivity index (χ0n) is 9.20. The third-order valence-corrected chi connectivity index (χ3v) is 2.72. The van der Waals surface area contributed by atoms with Gasteiger partial charge in [0.1, 0.15) is 0 Å². The fourth-order valence-electron chi connectivity index (χ4n) is 1.83. The molecular weight excluding hydrogens is 203 g/mol. The summed E-state index contributed by atoms with van der Waals surface area (Å²) >= 11 is 0. The van der Waals surface area contributed by atoms with Crippen LogP contribution in [0.3, 0.4) is 0 Å². The highest BCUT2D eigenvalue weighted by Gasteiger charge is 2.15. The predicted octanol–water partition coefficient (Wildman–Crippen LogP) is -0.390. The molecule has 0 unspecified atom stereocenters. The molecule has 2 rings (SSSR count). The molecular formula is C11H15BN2O2. The van der Waals surface area contributed by atoms with Crippen LogP contribution in [-0.2, 0) is 6.42 Å². The molecule has 0 aliphatic carbocycles. The summed E-state index contributed by atoms with van der Waals surface area (Å²) in [4.78, 5) is 3.05. The van der Waals surface area contributed by atoms with Crippen LogP contribution in [0.2, 0.25) is 0 Å². The van der Waals surface area contributed by atoms with E-state index in [1.165, 1.54) is 5.56 Å². The van der Waals surface area contributed by atoms with Crippen molar-refractivity contribution in [2.45, 2.75) is 6.42 Å². The minimum atomic E-state index is -1.42. The predicted molar refractivity (Wildman–Crippen MR) is 65.8 cm³/mol. The van der Waals surface area contributed by atoms with Crippen molar-refractivity contribution in [3.8, 4) is 0 Å². The molecule has 0 fully saturated rings. The molecule has 5 heteroatoms. The maximum Gasteiger partial charge on any atom is 0.490 e. The second kappa shape index (κ2) is 4.70. The third kappa shape index (κ3) is 2.11. The van der Waals surface area contributed by atoms with Crippen molar-refractivity contribution in [2.75, 3.05) is 13.6 Å². The van der Waals surface area contributed by atoms with E-state index in [1.54, 1.807) is 6.20 Å². The molecule has 0 aliphatic rings. The van der Waals surface area contributed by atoms with Gasteiger partial charge in [0.05, 0.1) is 0 Å². The quantitative estimate of drug-likeness (QED) is 0.528. The lowest BCUT2D eigenvalue weighted by Gasteiger charge is -2.02. The smallest absolute Gasteiger partial charge is 0.423 e. The highest BCUT2D eigenvalue weighted by Crippen LogP contribution is 2.13. The van der Waals surface area contributed by atoms with Gasteiger partial charge >= 0.3 is 7.12 Å². The molecule has 0 spiro atoms. The first kappa shape index (κ1) is 11.2. The summed E-state index contributed by atoms with van der Waals surface area (Å²) in [6, 6.07) is 5.98. The number of nitrogens with one attached hydrogen (secondary N) is 2. The summed E-state index contributed by atoms with van der Waals surface area (Å²) in [6.45, 7) is 0.932. The van der Waals surface area contributed by atoms with Gasteiger partial charge in [0.15, 0.2) is 0 Å². The number of hydrogen-bond donors (Lipinski definition) is 4. The Morgan fingerprint density at radius 3 is 2.88 bits per heavy atom. The molecule has 84 valence electrons. The van der Waals surface area contributed by atoms with Crippen molar-refractivity contribution in [1.82, 2.24) is 10.3 Å². The minimum Gasteiger partial charge on any atom is -0.423 e. The average molecular weight is 218 g/mol.